The standard InChI is InChI=1S/C28H29F2N7O3S/c1-4-17-7-5-6-8-24(17)41(39,40)36-22-10-9-18(11-21(22)30)25-27(38)37(16(2)3)26-23(34-25)15-32-28(35-26)33-20-12-19(29)13-31-14-20/h4-11,15-16,19-20,31,36H,1,12-14H2,2-3H3,(H,32,33,35)/t19-,20-/m0/s1. The molecule has 2 aromatic heterocycles. The number of nitrogens with zero attached hydrogens (tertiary/aromatic N) is 4. The van der Waals surface area contributed by atoms with Crippen LogP contribution in [0.3, 0.4) is 0 Å². The third-order valence-electron chi connectivity index (χ3n) is 6.69. The van der Waals surface area contributed by atoms with Gasteiger partial charge >= 0.3 is 0 Å². The van der Waals surface area contributed by atoms with Crippen LogP contribution in [0.4, 0.5) is 20.4 Å². The average Bonchev–Trinajstić information content (AvgIpc) is 2.93. The molecule has 5 rings (SSSR count). The van der Waals surface area contributed by atoms with Crippen LogP contribution in [0.25, 0.3) is 28.5 Å². The maximum atomic E-state index is 15.2. The largest absolute Gasteiger partial charge is 0.350 e. The van der Waals surface area contributed by atoms with Crippen LogP contribution < -0.4 is 20.9 Å². The van der Waals surface area contributed by atoms with Crippen molar-refractivity contribution in [2.24, 2.45) is 0 Å². The quantitative estimate of drug-likeness (QED) is 0.283. The number of nitrogens with one attached hydrogen (secondary N) is 3. The summed E-state index contributed by atoms with van der Waals surface area (Å²) >= 11 is 0. The van der Waals surface area contributed by atoms with Gasteiger partial charge in [0.2, 0.25) is 5.95 Å². The Balaban J connectivity index is 1.49. The van der Waals surface area contributed by atoms with Gasteiger partial charge in [0.05, 0.1) is 16.8 Å². The van der Waals surface area contributed by atoms with Crippen molar-refractivity contribution in [1.82, 2.24) is 24.8 Å². The Kier molecular flexibility index (Phi) is 7.82. The van der Waals surface area contributed by atoms with E-state index < -0.39 is 27.6 Å². The highest BCUT2D eigenvalue weighted by Crippen LogP contribution is 2.27. The van der Waals surface area contributed by atoms with Crippen LogP contribution in [0, 0.1) is 5.82 Å². The van der Waals surface area contributed by atoms with Gasteiger partial charge < -0.3 is 10.6 Å². The summed E-state index contributed by atoms with van der Waals surface area (Å²) in [6.45, 7) is 8.08. The summed E-state index contributed by atoms with van der Waals surface area (Å²) in [4.78, 5) is 26.7. The van der Waals surface area contributed by atoms with Crippen LogP contribution in [-0.4, -0.2) is 53.2 Å². The number of rotatable bonds is 8. The first-order chi connectivity index (χ1) is 19.6. The van der Waals surface area contributed by atoms with E-state index in [0.29, 0.717) is 30.6 Å². The highest BCUT2D eigenvalue weighted by molar-refractivity contribution is 7.92. The monoisotopic (exact) mass is 581 g/mol. The molecule has 0 saturated carbocycles. The van der Waals surface area contributed by atoms with Crippen LogP contribution in [0.2, 0.25) is 0 Å². The molecule has 13 heteroatoms. The second-order valence-electron chi connectivity index (χ2n) is 10.0. The zero-order valence-corrected chi connectivity index (χ0v) is 23.3. The average molecular weight is 582 g/mol. The molecular weight excluding hydrogens is 552 g/mol. The van der Waals surface area contributed by atoms with Gasteiger partial charge in [-0.1, -0.05) is 36.9 Å². The highest BCUT2D eigenvalue weighted by Gasteiger charge is 2.24. The van der Waals surface area contributed by atoms with E-state index in [4.69, 9.17) is 0 Å². The van der Waals surface area contributed by atoms with E-state index in [-0.39, 0.29) is 45.5 Å². The van der Waals surface area contributed by atoms with Crippen molar-refractivity contribution in [2.75, 3.05) is 23.1 Å². The third kappa shape index (κ3) is 5.81. The van der Waals surface area contributed by atoms with Gasteiger partial charge in [0.1, 0.15) is 23.2 Å². The van der Waals surface area contributed by atoms with Gasteiger partial charge in [-0.3, -0.25) is 14.1 Å². The topological polar surface area (TPSA) is 131 Å². The van der Waals surface area contributed by atoms with Crippen LogP contribution in [0.15, 0.2) is 64.9 Å². The molecule has 3 heterocycles. The van der Waals surface area contributed by atoms with Gasteiger partial charge in [0, 0.05) is 37.2 Å². The van der Waals surface area contributed by atoms with Crippen LogP contribution in [0.5, 0.6) is 0 Å². The number of aromatic nitrogens is 4. The summed E-state index contributed by atoms with van der Waals surface area (Å²) in [5.41, 5.74) is 0.263. The Morgan fingerprint density at radius 1 is 1.17 bits per heavy atom. The van der Waals surface area contributed by atoms with Crippen molar-refractivity contribution in [2.45, 2.75) is 43.4 Å². The second-order valence-corrected chi connectivity index (χ2v) is 11.7. The fourth-order valence-corrected chi connectivity index (χ4v) is 6.04. The number of alkyl halides is 1. The summed E-state index contributed by atoms with van der Waals surface area (Å²) in [7, 11) is -4.12. The summed E-state index contributed by atoms with van der Waals surface area (Å²) in [6.07, 6.45) is 2.17. The van der Waals surface area contributed by atoms with E-state index in [1.54, 1.807) is 32.0 Å². The van der Waals surface area contributed by atoms with Gasteiger partial charge in [-0.2, -0.15) is 4.98 Å². The van der Waals surface area contributed by atoms with E-state index in [9.17, 15) is 17.6 Å². The molecule has 2 aromatic carbocycles. The lowest BCUT2D eigenvalue weighted by atomic mass is 10.1. The molecule has 1 fully saturated rings. The van der Waals surface area contributed by atoms with Gasteiger partial charge in [-0.25, -0.2) is 27.2 Å². The lowest BCUT2D eigenvalue weighted by Crippen LogP contribution is -2.44. The number of anilines is 2. The molecule has 214 valence electrons. The van der Waals surface area contributed by atoms with Crippen molar-refractivity contribution in [1.29, 1.82) is 0 Å². The zero-order valence-electron chi connectivity index (χ0n) is 22.4. The van der Waals surface area contributed by atoms with E-state index in [0.717, 1.165) is 6.07 Å². The van der Waals surface area contributed by atoms with Gasteiger partial charge in [-0.15, -0.1) is 0 Å². The fourth-order valence-electron chi connectivity index (χ4n) is 4.76. The molecule has 10 nitrogen and oxygen atoms in total. The summed E-state index contributed by atoms with van der Waals surface area (Å²) in [6, 6.07) is 9.37. The molecule has 0 unspecified atom stereocenters. The maximum absolute atomic E-state index is 15.2. The van der Waals surface area contributed by atoms with Crippen molar-refractivity contribution in [3.63, 3.8) is 0 Å². The third-order valence-corrected chi connectivity index (χ3v) is 8.13. The maximum Gasteiger partial charge on any atom is 0.278 e. The number of hydrogen-bond donors (Lipinski definition) is 3. The molecule has 0 bridgehead atoms. The molecule has 0 aliphatic carbocycles. The number of hydrogen-bond acceptors (Lipinski definition) is 8. The molecule has 1 saturated heterocycles. The Labute approximate surface area is 235 Å². The molecule has 3 N–H and O–H groups in total. The predicted molar refractivity (Wildman–Crippen MR) is 155 cm³/mol. The molecule has 2 atom stereocenters. The van der Waals surface area contributed by atoms with Gasteiger partial charge in [0.25, 0.3) is 15.6 Å². The van der Waals surface area contributed by atoms with Crippen LogP contribution in [0.1, 0.15) is 31.9 Å². The number of sulfonamides is 1. The number of halogens is 2. The lowest BCUT2D eigenvalue weighted by molar-refractivity contribution is 0.254. The molecule has 0 spiro atoms. The summed E-state index contributed by atoms with van der Waals surface area (Å²) in [5, 5.41) is 6.12. The Morgan fingerprint density at radius 3 is 2.66 bits per heavy atom. The molecule has 1 aliphatic rings. The predicted octanol–water partition coefficient (Wildman–Crippen LogP) is 4.13. The van der Waals surface area contributed by atoms with E-state index in [1.807, 2.05) is 0 Å². The lowest BCUT2D eigenvalue weighted by Gasteiger charge is -2.26. The van der Waals surface area contributed by atoms with Crippen molar-refractivity contribution < 1.29 is 17.2 Å². The first kappa shape index (κ1) is 28.3. The Hall–Kier alpha value is -4.23. The number of piperidine rings is 1. The highest BCUT2D eigenvalue weighted by atomic mass is 32.2. The van der Waals surface area contributed by atoms with Crippen molar-refractivity contribution in [3.8, 4) is 11.3 Å². The smallest absolute Gasteiger partial charge is 0.278 e. The molecule has 0 radical (unpaired) electrons. The van der Waals surface area contributed by atoms with Crippen molar-refractivity contribution in [3.05, 3.63) is 77.0 Å². The summed E-state index contributed by atoms with van der Waals surface area (Å²) < 4.78 is 58.6. The molecular formula is C28H29F2N7O3S. The minimum atomic E-state index is -4.12. The van der Waals surface area contributed by atoms with E-state index in [2.05, 4.69) is 36.9 Å². The SMILES string of the molecule is C=Cc1ccccc1S(=O)(=O)Nc1ccc(-c2nc3cnc(N[C@@H]4CNC[C@@H](F)C4)nc3n(C(C)C)c2=O)cc1F. The first-order valence-electron chi connectivity index (χ1n) is 13.0. The molecule has 1 aliphatic heterocycles. The number of benzene rings is 2. The van der Waals surface area contributed by atoms with Crippen LogP contribution in [-0.2, 0) is 10.0 Å². The van der Waals surface area contributed by atoms with Crippen LogP contribution >= 0.6 is 0 Å². The molecule has 41 heavy (non-hydrogen) atoms. The van der Waals surface area contributed by atoms with Crippen molar-refractivity contribution >= 4 is 38.9 Å². The minimum Gasteiger partial charge on any atom is -0.350 e. The van der Waals surface area contributed by atoms with E-state index in [1.165, 1.54) is 35.0 Å². The molecule has 4 aromatic rings. The summed E-state index contributed by atoms with van der Waals surface area (Å²) in [5.74, 6) is -0.648. The van der Waals surface area contributed by atoms with Gasteiger partial charge in [0.15, 0.2) is 5.65 Å². The Morgan fingerprint density at radius 2 is 1.95 bits per heavy atom. The molecule has 0 amide bonds. The van der Waals surface area contributed by atoms with E-state index >= 15 is 4.39 Å². The normalized spacial score (nSPS) is 17.5. The first-order valence-corrected chi connectivity index (χ1v) is 14.5. The number of fused-ring (bicyclic) bond motifs is 1. The zero-order chi connectivity index (χ0) is 29.3. The Bertz CT molecular complexity index is 1790. The van der Waals surface area contributed by atoms with Gasteiger partial charge in [-0.05, 0) is 37.6 Å². The second kappa shape index (κ2) is 11.3. The fraction of sp³-hybridized carbons (Fsp3) is 0.286. The minimum absolute atomic E-state index is 0.0439.